The normalized spacial score (nSPS) is 43.8. The standard InChI is InChI=1S/C27H39N3O2/c1-26(32)11-9-20-19(13-26)7-8-22-21(20)10-12-27(2)23(22)5-3-4-6-24(27)25(31)17-30-16-18(14-28)15-29-30/h15-16,19-24,32H,3-13,17H2,1-2H3/t19-,20+,21-,22-,23+,24-,26-,27+/m1/s1. The number of Topliss-reactive ketones (excluding diaryl/α,β-unsaturated/α-hetero) is 1. The summed E-state index contributed by atoms with van der Waals surface area (Å²) in [5.74, 6) is 4.09. The van der Waals surface area contributed by atoms with Crippen molar-refractivity contribution in [1.29, 1.82) is 5.26 Å². The highest BCUT2D eigenvalue weighted by molar-refractivity contribution is 5.81. The third kappa shape index (κ3) is 3.83. The molecule has 0 saturated heterocycles. The number of carbonyl (C=O) groups is 1. The summed E-state index contributed by atoms with van der Waals surface area (Å²) in [7, 11) is 0. The molecule has 0 spiro atoms. The quantitative estimate of drug-likeness (QED) is 0.711. The number of ketones is 1. The molecule has 1 heterocycles. The molecule has 0 radical (unpaired) electrons. The lowest BCUT2D eigenvalue weighted by molar-refractivity contribution is -0.140. The van der Waals surface area contributed by atoms with Gasteiger partial charge in [0.2, 0.25) is 0 Å². The number of nitrogens with zero attached hydrogens (tertiary/aromatic N) is 3. The number of hydrogen-bond donors (Lipinski definition) is 1. The Labute approximate surface area is 192 Å². The van der Waals surface area contributed by atoms with E-state index in [0.29, 0.717) is 29.7 Å². The number of aromatic nitrogens is 2. The van der Waals surface area contributed by atoms with Gasteiger partial charge in [0.25, 0.3) is 0 Å². The first-order chi connectivity index (χ1) is 15.3. The van der Waals surface area contributed by atoms with E-state index in [1.165, 1.54) is 38.5 Å². The number of nitriles is 1. The minimum atomic E-state index is -0.463. The van der Waals surface area contributed by atoms with Gasteiger partial charge in [-0.25, -0.2) is 0 Å². The number of carbonyl (C=O) groups excluding carboxylic acids is 1. The maximum Gasteiger partial charge on any atom is 0.157 e. The lowest BCUT2D eigenvalue weighted by atomic mass is 9.46. The van der Waals surface area contributed by atoms with Gasteiger partial charge in [-0.05, 0) is 99.7 Å². The second-order valence-electron chi connectivity index (χ2n) is 12.1. The van der Waals surface area contributed by atoms with Crippen LogP contribution in [0.5, 0.6) is 0 Å². The first-order valence-corrected chi connectivity index (χ1v) is 13.0. The van der Waals surface area contributed by atoms with Gasteiger partial charge in [-0.15, -0.1) is 0 Å². The second-order valence-corrected chi connectivity index (χ2v) is 12.1. The van der Waals surface area contributed by atoms with Gasteiger partial charge in [0, 0.05) is 12.1 Å². The van der Waals surface area contributed by atoms with E-state index in [0.717, 1.165) is 49.9 Å². The van der Waals surface area contributed by atoms with Crippen LogP contribution in [0, 0.1) is 52.3 Å². The average Bonchev–Trinajstić information content (AvgIpc) is 3.12. The summed E-state index contributed by atoms with van der Waals surface area (Å²) in [5.41, 5.74) is 0.147. The van der Waals surface area contributed by atoms with E-state index in [-0.39, 0.29) is 11.3 Å². The van der Waals surface area contributed by atoms with E-state index in [2.05, 4.69) is 18.1 Å². The molecule has 4 aliphatic carbocycles. The lowest BCUT2D eigenvalue weighted by Gasteiger charge is -2.58. The van der Waals surface area contributed by atoms with Crippen molar-refractivity contribution in [3.05, 3.63) is 18.0 Å². The van der Waals surface area contributed by atoms with Gasteiger partial charge in [-0.3, -0.25) is 9.48 Å². The minimum absolute atomic E-state index is 0.0902. The number of aliphatic hydroxyl groups is 1. The molecule has 1 aromatic rings. The van der Waals surface area contributed by atoms with E-state index in [1.807, 2.05) is 6.92 Å². The van der Waals surface area contributed by atoms with Crippen LogP contribution < -0.4 is 0 Å². The van der Waals surface area contributed by atoms with Crippen LogP contribution in [0.25, 0.3) is 0 Å². The minimum Gasteiger partial charge on any atom is -0.390 e. The molecule has 5 nitrogen and oxygen atoms in total. The maximum absolute atomic E-state index is 13.6. The molecular weight excluding hydrogens is 398 g/mol. The van der Waals surface area contributed by atoms with Crippen molar-refractivity contribution in [2.24, 2.45) is 40.9 Å². The predicted molar refractivity (Wildman–Crippen MR) is 122 cm³/mol. The molecule has 4 fully saturated rings. The summed E-state index contributed by atoms with van der Waals surface area (Å²) in [4.78, 5) is 13.6. The Balaban J connectivity index is 1.36. The molecule has 1 aromatic heterocycles. The van der Waals surface area contributed by atoms with Crippen LogP contribution in [0.1, 0.15) is 90.0 Å². The summed E-state index contributed by atoms with van der Waals surface area (Å²) in [6, 6.07) is 2.11. The highest BCUT2D eigenvalue weighted by Crippen LogP contribution is 2.62. The summed E-state index contributed by atoms with van der Waals surface area (Å²) in [5, 5.41) is 24.0. The smallest absolute Gasteiger partial charge is 0.157 e. The van der Waals surface area contributed by atoms with Crippen molar-refractivity contribution in [2.45, 2.75) is 96.6 Å². The van der Waals surface area contributed by atoms with E-state index < -0.39 is 5.60 Å². The molecule has 8 atom stereocenters. The zero-order chi connectivity index (χ0) is 22.5. The first kappa shape index (κ1) is 22.1. The number of fused-ring (bicyclic) bond motifs is 5. The molecule has 1 N–H and O–H groups in total. The Bertz CT molecular complexity index is 899. The SMILES string of the molecule is C[C@@]1(O)CC[C@H]2[C@H](CC[C@@H]3[C@@H]2CC[C@]2(C)[C@@H](C(=O)Cn4cc(C#N)cn4)CCCC[C@@H]32)C1. The van der Waals surface area contributed by atoms with Gasteiger partial charge in [-0.2, -0.15) is 10.4 Å². The summed E-state index contributed by atoms with van der Waals surface area (Å²) in [6.07, 6.45) is 16.0. The molecular formula is C27H39N3O2. The zero-order valence-electron chi connectivity index (χ0n) is 19.8. The average molecular weight is 438 g/mol. The summed E-state index contributed by atoms with van der Waals surface area (Å²) < 4.78 is 1.66. The van der Waals surface area contributed by atoms with Gasteiger partial charge in [-0.1, -0.05) is 19.8 Å². The van der Waals surface area contributed by atoms with Crippen molar-refractivity contribution >= 4 is 5.78 Å². The van der Waals surface area contributed by atoms with Crippen LogP contribution in [-0.4, -0.2) is 26.3 Å². The molecule has 0 aliphatic heterocycles. The van der Waals surface area contributed by atoms with Gasteiger partial charge in [0.15, 0.2) is 5.78 Å². The topological polar surface area (TPSA) is 78.9 Å². The van der Waals surface area contributed by atoms with Crippen LogP contribution in [0.2, 0.25) is 0 Å². The molecule has 4 saturated carbocycles. The van der Waals surface area contributed by atoms with Crippen LogP contribution in [0.3, 0.4) is 0 Å². The van der Waals surface area contributed by atoms with E-state index in [1.54, 1.807) is 17.1 Å². The Morgan fingerprint density at radius 3 is 2.69 bits per heavy atom. The molecule has 0 bridgehead atoms. The van der Waals surface area contributed by atoms with Gasteiger partial charge in [0.05, 0.1) is 23.9 Å². The Morgan fingerprint density at radius 1 is 1.12 bits per heavy atom. The van der Waals surface area contributed by atoms with Crippen molar-refractivity contribution in [3.8, 4) is 6.07 Å². The third-order valence-electron chi connectivity index (χ3n) is 10.2. The monoisotopic (exact) mass is 437 g/mol. The van der Waals surface area contributed by atoms with Crippen LogP contribution in [0.4, 0.5) is 0 Å². The second kappa shape index (κ2) is 8.28. The molecule has 174 valence electrons. The summed E-state index contributed by atoms with van der Waals surface area (Å²) in [6.45, 7) is 4.76. The van der Waals surface area contributed by atoms with Crippen LogP contribution >= 0.6 is 0 Å². The first-order valence-electron chi connectivity index (χ1n) is 13.0. The fraction of sp³-hybridized carbons (Fsp3) is 0.815. The molecule has 32 heavy (non-hydrogen) atoms. The number of rotatable bonds is 3. The fourth-order valence-electron chi connectivity index (χ4n) is 8.75. The molecule has 5 rings (SSSR count). The van der Waals surface area contributed by atoms with Gasteiger partial charge >= 0.3 is 0 Å². The largest absolute Gasteiger partial charge is 0.390 e. The van der Waals surface area contributed by atoms with Crippen molar-refractivity contribution in [2.75, 3.05) is 0 Å². The maximum atomic E-state index is 13.6. The highest BCUT2D eigenvalue weighted by Gasteiger charge is 2.56. The molecule has 0 aromatic carbocycles. The van der Waals surface area contributed by atoms with E-state index >= 15 is 0 Å². The molecule has 5 heteroatoms. The lowest BCUT2D eigenvalue weighted by Crippen LogP contribution is -2.53. The van der Waals surface area contributed by atoms with Gasteiger partial charge < -0.3 is 5.11 Å². The van der Waals surface area contributed by atoms with Gasteiger partial charge in [0.1, 0.15) is 6.07 Å². The third-order valence-corrected chi connectivity index (χ3v) is 10.2. The molecule has 0 amide bonds. The summed E-state index contributed by atoms with van der Waals surface area (Å²) >= 11 is 0. The fourth-order valence-corrected chi connectivity index (χ4v) is 8.75. The van der Waals surface area contributed by atoms with E-state index in [9.17, 15) is 9.90 Å². The zero-order valence-corrected chi connectivity index (χ0v) is 19.8. The van der Waals surface area contributed by atoms with Crippen molar-refractivity contribution < 1.29 is 9.90 Å². The Hall–Kier alpha value is -1.67. The van der Waals surface area contributed by atoms with E-state index in [4.69, 9.17) is 5.26 Å². The predicted octanol–water partition coefficient (Wildman–Crippen LogP) is 5.12. The molecule has 4 aliphatic rings. The van der Waals surface area contributed by atoms with Crippen LogP contribution in [0.15, 0.2) is 12.4 Å². The Morgan fingerprint density at radius 2 is 1.91 bits per heavy atom. The van der Waals surface area contributed by atoms with Crippen molar-refractivity contribution in [1.82, 2.24) is 9.78 Å². The van der Waals surface area contributed by atoms with Crippen molar-refractivity contribution in [3.63, 3.8) is 0 Å². The number of hydrogen-bond acceptors (Lipinski definition) is 4. The molecule has 0 unspecified atom stereocenters. The highest BCUT2D eigenvalue weighted by atomic mass is 16.3. The Kier molecular flexibility index (Phi) is 5.73. The van der Waals surface area contributed by atoms with Crippen LogP contribution in [-0.2, 0) is 11.3 Å².